The van der Waals surface area contributed by atoms with Gasteiger partial charge in [-0.25, -0.2) is 0 Å². The standard InChI is InChI=1S/C15H27N3O/c1-2-13(12-16)17-8-10-18(11-9-17)14-6-4-3-5-7-15(14)19/h13-15,19H,2-11H2,1H3. The van der Waals surface area contributed by atoms with Gasteiger partial charge < -0.3 is 5.11 Å². The Hall–Kier alpha value is -0.630. The van der Waals surface area contributed by atoms with Crippen LogP contribution in [0.2, 0.25) is 0 Å². The quantitative estimate of drug-likeness (QED) is 0.788. The summed E-state index contributed by atoms with van der Waals surface area (Å²) in [6.45, 7) is 6.01. The summed E-state index contributed by atoms with van der Waals surface area (Å²) in [5, 5.41) is 19.4. The Balaban J connectivity index is 1.86. The van der Waals surface area contributed by atoms with E-state index in [-0.39, 0.29) is 12.1 Å². The van der Waals surface area contributed by atoms with Gasteiger partial charge in [-0.05, 0) is 19.3 Å². The van der Waals surface area contributed by atoms with Crippen molar-refractivity contribution in [3.05, 3.63) is 0 Å². The molecule has 1 saturated heterocycles. The molecule has 1 N–H and O–H groups in total. The minimum absolute atomic E-state index is 0.0706. The molecule has 108 valence electrons. The molecule has 1 saturated carbocycles. The van der Waals surface area contributed by atoms with E-state index in [0.717, 1.165) is 45.4 Å². The Kier molecular flexibility index (Phi) is 5.62. The van der Waals surface area contributed by atoms with E-state index in [2.05, 4.69) is 22.8 Å². The summed E-state index contributed by atoms with van der Waals surface area (Å²) >= 11 is 0. The maximum Gasteiger partial charge on any atom is 0.0976 e. The summed E-state index contributed by atoms with van der Waals surface area (Å²) in [6, 6.07) is 2.82. The second-order valence-corrected chi connectivity index (χ2v) is 5.90. The van der Waals surface area contributed by atoms with Crippen molar-refractivity contribution < 1.29 is 5.11 Å². The number of piperazine rings is 1. The molecule has 0 aromatic heterocycles. The molecule has 4 nitrogen and oxygen atoms in total. The van der Waals surface area contributed by atoms with E-state index in [1.807, 2.05) is 0 Å². The molecular formula is C15H27N3O. The second kappa shape index (κ2) is 7.23. The lowest BCUT2D eigenvalue weighted by Crippen LogP contribution is -2.55. The number of hydrogen-bond acceptors (Lipinski definition) is 4. The van der Waals surface area contributed by atoms with Crippen LogP contribution < -0.4 is 0 Å². The van der Waals surface area contributed by atoms with Crippen LogP contribution in [0.15, 0.2) is 0 Å². The van der Waals surface area contributed by atoms with Crippen LogP contribution in [0.1, 0.15) is 45.4 Å². The van der Waals surface area contributed by atoms with Crippen LogP contribution in [0.4, 0.5) is 0 Å². The van der Waals surface area contributed by atoms with Crippen LogP contribution in [0, 0.1) is 11.3 Å². The summed E-state index contributed by atoms with van der Waals surface area (Å²) in [6.07, 6.45) is 6.54. The van der Waals surface area contributed by atoms with Crippen molar-refractivity contribution in [2.45, 2.75) is 63.6 Å². The molecule has 0 amide bonds. The highest BCUT2D eigenvalue weighted by Crippen LogP contribution is 2.24. The third kappa shape index (κ3) is 3.68. The number of aliphatic hydroxyl groups is 1. The molecule has 0 aromatic rings. The predicted molar refractivity (Wildman–Crippen MR) is 75.7 cm³/mol. The van der Waals surface area contributed by atoms with Crippen molar-refractivity contribution in [1.29, 1.82) is 5.26 Å². The van der Waals surface area contributed by atoms with Gasteiger partial charge in [0.2, 0.25) is 0 Å². The van der Waals surface area contributed by atoms with Gasteiger partial charge >= 0.3 is 0 Å². The van der Waals surface area contributed by atoms with Gasteiger partial charge in [0.1, 0.15) is 0 Å². The van der Waals surface area contributed by atoms with Crippen molar-refractivity contribution in [3.8, 4) is 6.07 Å². The molecule has 19 heavy (non-hydrogen) atoms. The summed E-state index contributed by atoms with van der Waals surface area (Å²) in [5.74, 6) is 0. The topological polar surface area (TPSA) is 50.5 Å². The lowest BCUT2D eigenvalue weighted by Gasteiger charge is -2.41. The monoisotopic (exact) mass is 265 g/mol. The molecule has 3 atom stereocenters. The highest BCUT2D eigenvalue weighted by molar-refractivity contribution is 4.94. The molecule has 2 fully saturated rings. The zero-order valence-electron chi connectivity index (χ0n) is 12.1. The van der Waals surface area contributed by atoms with E-state index >= 15 is 0 Å². The molecule has 3 unspecified atom stereocenters. The Bertz CT molecular complexity index is 307. The van der Waals surface area contributed by atoms with Gasteiger partial charge in [-0.15, -0.1) is 0 Å². The number of nitrogens with zero attached hydrogens (tertiary/aromatic N) is 3. The molecule has 0 radical (unpaired) electrons. The second-order valence-electron chi connectivity index (χ2n) is 5.90. The van der Waals surface area contributed by atoms with Gasteiger partial charge in [0.15, 0.2) is 0 Å². The lowest BCUT2D eigenvalue weighted by molar-refractivity contribution is 0.0106. The molecular weight excluding hydrogens is 238 g/mol. The van der Waals surface area contributed by atoms with Gasteiger partial charge in [0.25, 0.3) is 0 Å². The number of hydrogen-bond donors (Lipinski definition) is 1. The normalized spacial score (nSPS) is 32.5. The smallest absolute Gasteiger partial charge is 0.0976 e. The number of nitriles is 1. The summed E-state index contributed by atoms with van der Waals surface area (Å²) in [7, 11) is 0. The van der Waals surface area contributed by atoms with Gasteiger partial charge in [-0.1, -0.05) is 26.2 Å². The van der Waals surface area contributed by atoms with E-state index < -0.39 is 0 Å². The maximum atomic E-state index is 10.3. The molecule has 1 heterocycles. The Morgan fingerprint density at radius 1 is 1.16 bits per heavy atom. The maximum absolute atomic E-state index is 10.3. The third-order valence-corrected chi connectivity index (χ3v) is 4.74. The first-order valence-corrected chi connectivity index (χ1v) is 7.82. The van der Waals surface area contributed by atoms with Crippen molar-refractivity contribution in [1.82, 2.24) is 9.80 Å². The Morgan fingerprint density at radius 2 is 1.84 bits per heavy atom. The van der Waals surface area contributed by atoms with Crippen molar-refractivity contribution in [2.75, 3.05) is 26.2 Å². The highest BCUT2D eigenvalue weighted by Gasteiger charge is 2.31. The van der Waals surface area contributed by atoms with Gasteiger partial charge in [-0.2, -0.15) is 5.26 Å². The van der Waals surface area contributed by atoms with E-state index in [1.54, 1.807) is 0 Å². The SMILES string of the molecule is CCC(C#N)N1CCN(C2CCCCCC2O)CC1. The molecule has 0 spiro atoms. The molecule has 1 aliphatic heterocycles. The largest absolute Gasteiger partial charge is 0.391 e. The van der Waals surface area contributed by atoms with Crippen molar-refractivity contribution in [2.24, 2.45) is 0 Å². The molecule has 1 aliphatic carbocycles. The lowest BCUT2D eigenvalue weighted by atomic mass is 10.0. The number of rotatable bonds is 3. The van der Waals surface area contributed by atoms with Gasteiger partial charge in [0.05, 0.1) is 18.2 Å². The van der Waals surface area contributed by atoms with Gasteiger partial charge in [0, 0.05) is 32.2 Å². The summed E-state index contributed by atoms with van der Waals surface area (Å²) in [4.78, 5) is 4.75. The summed E-state index contributed by atoms with van der Waals surface area (Å²) < 4.78 is 0. The van der Waals surface area contributed by atoms with Crippen molar-refractivity contribution in [3.63, 3.8) is 0 Å². The van der Waals surface area contributed by atoms with Crippen LogP contribution >= 0.6 is 0 Å². The van der Waals surface area contributed by atoms with Crippen LogP contribution in [0.5, 0.6) is 0 Å². The highest BCUT2D eigenvalue weighted by atomic mass is 16.3. The first kappa shape index (κ1) is 14.8. The van der Waals surface area contributed by atoms with Gasteiger partial charge in [-0.3, -0.25) is 9.80 Å². The summed E-state index contributed by atoms with van der Waals surface area (Å²) in [5.41, 5.74) is 0. The molecule has 2 rings (SSSR count). The predicted octanol–water partition coefficient (Wildman–Crippen LogP) is 1.60. The van der Waals surface area contributed by atoms with E-state index in [0.29, 0.717) is 6.04 Å². The zero-order valence-corrected chi connectivity index (χ0v) is 12.1. The average Bonchev–Trinajstić information content (AvgIpc) is 2.66. The minimum Gasteiger partial charge on any atom is -0.391 e. The van der Waals surface area contributed by atoms with E-state index in [9.17, 15) is 5.11 Å². The fraction of sp³-hybridized carbons (Fsp3) is 0.933. The molecule has 0 bridgehead atoms. The molecule has 2 aliphatic rings. The first-order chi connectivity index (χ1) is 9.26. The Labute approximate surface area is 117 Å². The van der Waals surface area contributed by atoms with Crippen LogP contribution in [0.3, 0.4) is 0 Å². The fourth-order valence-electron chi connectivity index (χ4n) is 3.51. The van der Waals surface area contributed by atoms with Crippen LogP contribution in [-0.4, -0.2) is 59.3 Å². The van der Waals surface area contributed by atoms with E-state index in [1.165, 1.54) is 19.3 Å². The first-order valence-electron chi connectivity index (χ1n) is 7.82. The third-order valence-electron chi connectivity index (χ3n) is 4.74. The molecule has 4 heteroatoms. The minimum atomic E-state index is -0.146. The Morgan fingerprint density at radius 3 is 2.47 bits per heavy atom. The zero-order chi connectivity index (χ0) is 13.7. The fourth-order valence-corrected chi connectivity index (χ4v) is 3.51. The molecule has 0 aromatic carbocycles. The van der Waals surface area contributed by atoms with Crippen LogP contribution in [-0.2, 0) is 0 Å². The van der Waals surface area contributed by atoms with Crippen molar-refractivity contribution >= 4 is 0 Å². The average molecular weight is 265 g/mol. The van der Waals surface area contributed by atoms with E-state index in [4.69, 9.17) is 5.26 Å². The van der Waals surface area contributed by atoms with Crippen LogP contribution in [0.25, 0.3) is 0 Å². The number of aliphatic hydroxyl groups excluding tert-OH is 1.